The highest BCUT2D eigenvalue weighted by Gasteiger charge is 2.46. The van der Waals surface area contributed by atoms with Gasteiger partial charge >= 0.3 is 0 Å². The summed E-state index contributed by atoms with van der Waals surface area (Å²) in [5.74, 6) is 0.655. The fourth-order valence-corrected chi connectivity index (χ4v) is 2.99. The molecule has 2 aliphatic rings. The summed E-state index contributed by atoms with van der Waals surface area (Å²) in [6.07, 6.45) is 5.18. The van der Waals surface area contributed by atoms with E-state index in [9.17, 15) is 9.90 Å². The number of amides is 1. The van der Waals surface area contributed by atoms with Crippen LogP contribution in [0.25, 0.3) is 0 Å². The van der Waals surface area contributed by atoms with Gasteiger partial charge in [-0.05, 0) is 24.2 Å². The first-order chi connectivity index (χ1) is 8.50. The molecule has 1 aliphatic heterocycles. The van der Waals surface area contributed by atoms with Gasteiger partial charge in [0.05, 0.1) is 19.8 Å². The van der Waals surface area contributed by atoms with Gasteiger partial charge < -0.3 is 15.2 Å². The average molecular weight is 255 g/mol. The lowest BCUT2D eigenvalue weighted by Crippen LogP contribution is -2.57. The molecule has 0 aromatic heterocycles. The van der Waals surface area contributed by atoms with Crippen LogP contribution in [0, 0.1) is 16.7 Å². The van der Waals surface area contributed by atoms with Crippen LogP contribution in [-0.4, -0.2) is 37.4 Å². The first kappa shape index (κ1) is 13.8. The second-order valence-electron chi connectivity index (χ2n) is 6.58. The number of carbonyl (C=O) groups excluding carboxylic acids is 1. The molecule has 1 amide bonds. The first-order valence-electron chi connectivity index (χ1n) is 6.97. The number of aliphatic hydroxyl groups is 1. The molecule has 104 valence electrons. The average Bonchev–Trinajstić information content (AvgIpc) is 2.80. The Hall–Kier alpha value is -0.610. The van der Waals surface area contributed by atoms with Gasteiger partial charge in [0.15, 0.2) is 0 Å². The molecule has 1 saturated carbocycles. The molecule has 2 rings (SSSR count). The van der Waals surface area contributed by atoms with E-state index in [1.165, 1.54) is 25.7 Å². The fraction of sp³-hybridized carbons (Fsp3) is 0.929. The highest BCUT2D eigenvalue weighted by molar-refractivity contribution is 5.83. The summed E-state index contributed by atoms with van der Waals surface area (Å²) in [7, 11) is 0. The number of rotatable bonds is 5. The fourth-order valence-electron chi connectivity index (χ4n) is 2.99. The molecule has 4 heteroatoms. The molecule has 0 bridgehead atoms. The molecule has 0 spiro atoms. The van der Waals surface area contributed by atoms with Crippen molar-refractivity contribution < 1.29 is 14.6 Å². The lowest BCUT2D eigenvalue weighted by Gasteiger charge is -2.39. The van der Waals surface area contributed by atoms with Gasteiger partial charge in [-0.25, -0.2) is 0 Å². The van der Waals surface area contributed by atoms with E-state index >= 15 is 0 Å². The summed E-state index contributed by atoms with van der Waals surface area (Å²) >= 11 is 0. The molecule has 2 N–H and O–H groups in total. The lowest BCUT2D eigenvalue weighted by molar-refractivity contribution is -0.170. The largest absolute Gasteiger partial charge is 0.395 e. The molecular weight excluding hydrogens is 230 g/mol. The van der Waals surface area contributed by atoms with Gasteiger partial charge in [0.25, 0.3) is 0 Å². The SMILES string of the molecule is CC(C)(CNC(=O)C1(CO)COC1)C1CCCC1. The molecule has 1 heterocycles. The van der Waals surface area contributed by atoms with Gasteiger partial charge in [-0.2, -0.15) is 0 Å². The maximum absolute atomic E-state index is 12.1. The van der Waals surface area contributed by atoms with Crippen molar-refractivity contribution in [2.24, 2.45) is 16.7 Å². The second kappa shape index (κ2) is 5.17. The van der Waals surface area contributed by atoms with Gasteiger partial charge in [0.2, 0.25) is 5.91 Å². The number of aliphatic hydroxyl groups excluding tert-OH is 1. The van der Waals surface area contributed by atoms with Gasteiger partial charge in [-0.1, -0.05) is 26.7 Å². The van der Waals surface area contributed by atoms with Crippen LogP contribution in [0.4, 0.5) is 0 Å². The third-order valence-electron chi connectivity index (χ3n) is 4.71. The van der Waals surface area contributed by atoms with Crippen LogP contribution in [0.5, 0.6) is 0 Å². The van der Waals surface area contributed by atoms with Crippen molar-refractivity contribution >= 4 is 5.91 Å². The molecule has 1 aliphatic carbocycles. The van der Waals surface area contributed by atoms with Crippen LogP contribution in [0.1, 0.15) is 39.5 Å². The molecule has 1 saturated heterocycles. The van der Waals surface area contributed by atoms with Crippen LogP contribution in [-0.2, 0) is 9.53 Å². The Balaban J connectivity index is 1.84. The first-order valence-corrected chi connectivity index (χ1v) is 6.97. The Morgan fingerprint density at radius 3 is 2.44 bits per heavy atom. The molecule has 0 aromatic carbocycles. The van der Waals surface area contributed by atoms with E-state index in [-0.39, 0.29) is 17.9 Å². The van der Waals surface area contributed by atoms with E-state index in [4.69, 9.17) is 4.74 Å². The summed E-state index contributed by atoms with van der Waals surface area (Å²) < 4.78 is 5.06. The van der Waals surface area contributed by atoms with Crippen molar-refractivity contribution in [3.05, 3.63) is 0 Å². The smallest absolute Gasteiger partial charge is 0.233 e. The zero-order chi connectivity index (χ0) is 13.2. The van der Waals surface area contributed by atoms with E-state index in [1.54, 1.807) is 0 Å². The maximum atomic E-state index is 12.1. The quantitative estimate of drug-likeness (QED) is 0.779. The Bertz CT molecular complexity index is 299. The van der Waals surface area contributed by atoms with Crippen LogP contribution in [0.3, 0.4) is 0 Å². The van der Waals surface area contributed by atoms with Crippen molar-refractivity contribution in [2.75, 3.05) is 26.4 Å². The molecule has 18 heavy (non-hydrogen) atoms. The van der Waals surface area contributed by atoms with Gasteiger partial charge in [-0.3, -0.25) is 4.79 Å². The van der Waals surface area contributed by atoms with Gasteiger partial charge in [0.1, 0.15) is 5.41 Å². The van der Waals surface area contributed by atoms with Crippen molar-refractivity contribution in [1.82, 2.24) is 5.32 Å². The van der Waals surface area contributed by atoms with E-state index in [0.29, 0.717) is 25.7 Å². The second-order valence-corrected chi connectivity index (χ2v) is 6.58. The highest BCUT2D eigenvalue weighted by Crippen LogP contribution is 2.39. The molecule has 2 fully saturated rings. The van der Waals surface area contributed by atoms with E-state index < -0.39 is 5.41 Å². The Morgan fingerprint density at radius 2 is 2.00 bits per heavy atom. The van der Waals surface area contributed by atoms with Gasteiger partial charge in [-0.15, -0.1) is 0 Å². The molecule has 0 radical (unpaired) electrons. The number of ether oxygens (including phenoxy) is 1. The zero-order valence-corrected chi connectivity index (χ0v) is 11.5. The molecule has 4 nitrogen and oxygen atoms in total. The van der Waals surface area contributed by atoms with Crippen LogP contribution in [0.2, 0.25) is 0 Å². The van der Waals surface area contributed by atoms with E-state index in [0.717, 1.165) is 0 Å². The predicted octanol–water partition coefficient (Wildman–Crippen LogP) is 1.33. The minimum absolute atomic E-state index is 0.0534. The molecular formula is C14H25NO3. The van der Waals surface area contributed by atoms with Crippen molar-refractivity contribution in [3.8, 4) is 0 Å². The number of carbonyl (C=O) groups is 1. The maximum Gasteiger partial charge on any atom is 0.233 e. The Morgan fingerprint density at radius 1 is 1.39 bits per heavy atom. The number of hydrogen-bond acceptors (Lipinski definition) is 3. The molecule has 0 aromatic rings. The Kier molecular flexibility index (Phi) is 3.97. The van der Waals surface area contributed by atoms with Crippen LogP contribution >= 0.6 is 0 Å². The summed E-state index contributed by atoms with van der Waals surface area (Å²) in [6, 6.07) is 0. The monoisotopic (exact) mass is 255 g/mol. The summed E-state index contributed by atoms with van der Waals surface area (Å²) in [4.78, 5) is 12.1. The Labute approximate surface area is 109 Å². The third kappa shape index (κ3) is 2.54. The lowest BCUT2D eigenvalue weighted by atomic mass is 9.77. The minimum atomic E-state index is -0.675. The normalized spacial score (nSPS) is 23.7. The minimum Gasteiger partial charge on any atom is -0.395 e. The van der Waals surface area contributed by atoms with E-state index in [2.05, 4.69) is 19.2 Å². The molecule has 0 atom stereocenters. The number of hydrogen-bond donors (Lipinski definition) is 2. The number of nitrogens with one attached hydrogen (secondary N) is 1. The van der Waals surface area contributed by atoms with E-state index in [1.807, 2.05) is 0 Å². The highest BCUT2D eigenvalue weighted by atomic mass is 16.5. The summed E-state index contributed by atoms with van der Waals surface area (Å²) in [5, 5.41) is 12.3. The predicted molar refractivity (Wildman–Crippen MR) is 69.1 cm³/mol. The van der Waals surface area contributed by atoms with Crippen molar-refractivity contribution in [1.29, 1.82) is 0 Å². The third-order valence-corrected chi connectivity index (χ3v) is 4.71. The van der Waals surface area contributed by atoms with Crippen molar-refractivity contribution in [3.63, 3.8) is 0 Å². The summed E-state index contributed by atoms with van der Waals surface area (Å²) in [5.41, 5.74) is -0.529. The van der Waals surface area contributed by atoms with Gasteiger partial charge in [0, 0.05) is 6.54 Å². The molecule has 0 unspecified atom stereocenters. The van der Waals surface area contributed by atoms with Crippen molar-refractivity contribution in [2.45, 2.75) is 39.5 Å². The van der Waals surface area contributed by atoms with Crippen LogP contribution < -0.4 is 5.32 Å². The zero-order valence-electron chi connectivity index (χ0n) is 11.5. The topological polar surface area (TPSA) is 58.6 Å². The summed E-state index contributed by atoms with van der Waals surface area (Å²) in [6.45, 7) is 5.72. The standard InChI is InChI=1S/C14H25NO3/c1-13(2,11-5-3-4-6-11)7-15-12(17)14(8-16)9-18-10-14/h11,16H,3-10H2,1-2H3,(H,15,17). The van der Waals surface area contributed by atoms with Crippen LogP contribution in [0.15, 0.2) is 0 Å².